The number of carbonyl (C=O) groups is 1. The lowest BCUT2D eigenvalue weighted by molar-refractivity contribution is 0.0951. The molecule has 1 aliphatic rings. The quantitative estimate of drug-likeness (QED) is 0.487. The normalized spacial score (nSPS) is 15.4. The Morgan fingerprint density at radius 1 is 1.03 bits per heavy atom. The average molecular weight is 485 g/mol. The number of nitrogens with zero attached hydrogens (tertiary/aromatic N) is 2. The topological polar surface area (TPSA) is 91.4 Å². The zero-order valence-corrected chi connectivity index (χ0v) is 19.9. The summed E-state index contributed by atoms with van der Waals surface area (Å²) in [5.41, 5.74) is 1.64. The summed E-state index contributed by atoms with van der Waals surface area (Å²) in [7, 11) is -3.52. The Hall–Kier alpha value is -2.59. The van der Waals surface area contributed by atoms with Crippen molar-refractivity contribution < 1.29 is 13.2 Å². The van der Waals surface area contributed by atoms with Crippen LogP contribution in [0.5, 0.6) is 0 Å². The van der Waals surface area contributed by atoms with Crippen LogP contribution in [-0.4, -0.2) is 49.3 Å². The third-order valence-electron chi connectivity index (χ3n) is 5.68. The highest BCUT2D eigenvalue weighted by Crippen LogP contribution is 2.27. The zero-order chi connectivity index (χ0) is 23.1. The summed E-state index contributed by atoms with van der Waals surface area (Å²) in [6.45, 7) is 2.14. The zero-order valence-electron chi connectivity index (χ0n) is 18.3. The van der Waals surface area contributed by atoms with Crippen molar-refractivity contribution in [2.24, 2.45) is 0 Å². The standard InChI is InChI=1S/C24H28N4O3S2/c29-24(19-6-2-1-3-7-19)27-18-22-9-10-23(32-22)33(30,31)28-16-12-21(13-17-28)26-15-11-20-8-4-5-14-25-20/h1-10,14,21,26H,11-13,15-18H2,(H,27,29). The second-order valence-electron chi connectivity index (χ2n) is 7.97. The van der Waals surface area contributed by atoms with Gasteiger partial charge in [-0.05, 0) is 49.2 Å². The molecule has 3 heterocycles. The molecule has 0 aliphatic carbocycles. The van der Waals surface area contributed by atoms with Crippen LogP contribution < -0.4 is 10.6 Å². The van der Waals surface area contributed by atoms with E-state index >= 15 is 0 Å². The van der Waals surface area contributed by atoms with Gasteiger partial charge in [-0.3, -0.25) is 9.78 Å². The molecule has 2 N–H and O–H groups in total. The number of thiophene rings is 1. The monoisotopic (exact) mass is 484 g/mol. The minimum atomic E-state index is -3.52. The third-order valence-corrected chi connectivity index (χ3v) is 9.14. The van der Waals surface area contributed by atoms with Crippen LogP contribution in [0.25, 0.3) is 0 Å². The van der Waals surface area contributed by atoms with Gasteiger partial charge in [0.1, 0.15) is 4.21 Å². The van der Waals surface area contributed by atoms with Crippen molar-refractivity contribution >= 4 is 27.3 Å². The third kappa shape index (κ3) is 6.26. The predicted molar refractivity (Wildman–Crippen MR) is 130 cm³/mol. The van der Waals surface area contributed by atoms with Crippen molar-refractivity contribution in [1.82, 2.24) is 19.9 Å². The van der Waals surface area contributed by atoms with Gasteiger partial charge in [-0.25, -0.2) is 8.42 Å². The molecule has 1 aromatic carbocycles. The summed E-state index contributed by atoms with van der Waals surface area (Å²) < 4.78 is 28.1. The molecule has 0 saturated carbocycles. The molecule has 2 aromatic heterocycles. The van der Waals surface area contributed by atoms with E-state index in [2.05, 4.69) is 15.6 Å². The Morgan fingerprint density at radius 2 is 1.79 bits per heavy atom. The molecule has 0 unspecified atom stereocenters. The molecule has 1 amide bonds. The van der Waals surface area contributed by atoms with E-state index in [-0.39, 0.29) is 5.91 Å². The van der Waals surface area contributed by atoms with Gasteiger partial charge >= 0.3 is 0 Å². The number of rotatable bonds is 9. The minimum absolute atomic E-state index is 0.175. The van der Waals surface area contributed by atoms with Crippen LogP contribution in [0.1, 0.15) is 33.8 Å². The Morgan fingerprint density at radius 3 is 2.52 bits per heavy atom. The molecule has 1 fully saturated rings. The lowest BCUT2D eigenvalue weighted by atomic mass is 10.1. The van der Waals surface area contributed by atoms with Crippen LogP contribution in [0, 0.1) is 0 Å². The molecule has 174 valence electrons. The first kappa shape index (κ1) is 23.6. The number of pyridine rings is 1. The predicted octanol–water partition coefficient (Wildman–Crippen LogP) is 3.06. The lowest BCUT2D eigenvalue weighted by Gasteiger charge is -2.31. The molecule has 0 spiro atoms. The fourth-order valence-electron chi connectivity index (χ4n) is 3.83. The Balaban J connectivity index is 1.25. The van der Waals surface area contributed by atoms with Crippen LogP contribution in [-0.2, 0) is 23.0 Å². The Kier molecular flexibility index (Phi) is 7.87. The maximum atomic E-state index is 13.1. The number of amides is 1. The fraction of sp³-hybridized carbons (Fsp3) is 0.333. The number of hydrogen-bond donors (Lipinski definition) is 2. The van der Waals surface area contributed by atoms with Crippen LogP contribution in [0.4, 0.5) is 0 Å². The number of carbonyl (C=O) groups excluding carboxylic acids is 1. The van der Waals surface area contributed by atoms with E-state index < -0.39 is 10.0 Å². The molecular formula is C24H28N4O3S2. The fourth-order valence-corrected chi connectivity index (χ4v) is 6.75. The summed E-state index contributed by atoms with van der Waals surface area (Å²) in [6.07, 6.45) is 4.23. The number of benzene rings is 1. The largest absolute Gasteiger partial charge is 0.347 e. The molecule has 1 saturated heterocycles. The molecule has 0 atom stereocenters. The van der Waals surface area contributed by atoms with Gasteiger partial charge in [-0.2, -0.15) is 4.31 Å². The molecule has 33 heavy (non-hydrogen) atoms. The average Bonchev–Trinajstić information content (AvgIpc) is 3.34. The van der Waals surface area contributed by atoms with Crippen molar-refractivity contribution in [3.05, 3.63) is 83.0 Å². The van der Waals surface area contributed by atoms with Gasteiger partial charge < -0.3 is 10.6 Å². The van der Waals surface area contributed by atoms with Crippen molar-refractivity contribution in [2.75, 3.05) is 19.6 Å². The molecular weight excluding hydrogens is 456 g/mol. The SMILES string of the molecule is O=C(NCc1ccc(S(=O)(=O)N2CCC(NCCc3ccccn3)CC2)s1)c1ccccc1. The van der Waals surface area contributed by atoms with Crippen molar-refractivity contribution in [3.63, 3.8) is 0 Å². The first-order valence-electron chi connectivity index (χ1n) is 11.1. The summed E-state index contributed by atoms with van der Waals surface area (Å²) >= 11 is 1.22. The first-order valence-corrected chi connectivity index (χ1v) is 13.3. The van der Waals surface area contributed by atoms with Crippen LogP contribution in [0.15, 0.2) is 71.1 Å². The Bertz CT molecular complexity index is 1140. The molecule has 7 nitrogen and oxygen atoms in total. The highest BCUT2D eigenvalue weighted by molar-refractivity contribution is 7.91. The first-order chi connectivity index (χ1) is 16.0. The highest BCUT2D eigenvalue weighted by atomic mass is 32.2. The maximum absolute atomic E-state index is 13.1. The van der Waals surface area contributed by atoms with Gasteiger partial charge in [0, 0.05) is 54.4 Å². The van der Waals surface area contributed by atoms with E-state index in [1.807, 2.05) is 36.4 Å². The van der Waals surface area contributed by atoms with E-state index in [9.17, 15) is 13.2 Å². The molecule has 3 aromatic rings. The Labute approximate surface area is 198 Å². The van der Waals surface area contributed by atoms with E-state index in [0.29, 0.717) is 35.4 Å². The van der Waals surface area contributed by atoms with Gasteiger partial charge in [0.2, 0.25) is 0 Å². The van der Waals surface area contributed by atoms with E-state index in [4.69, 9.17) is 0 Å². The van der Waals surface area contributed by atoms with Crippen molar-refractivity contribution in [3.8, 4) is 0 Å². The molecule has 1 aliphatic heterocycles. The molecule has 9 heteroatoms. The number of hydrogen-bond acceptors (Lipinski definition) is 6. The van der Waals surface area contributed by atoms with E-state index in [0.717, 1.165) is 36.4 Å². The minimum Gasteiger partial charge on any atom is -0.347 e. The smallest absolute Gasteiger partial charge is 0.252 e. The molecule has 0 radical (unpaired) electrons. The van der Waals surface area contributed by atoms with Gasteiger partial charge in [0.05, 0.1) is 6.54 Å². The molecule has 0 bridgehead atoms. The van der Waals surface area contributed by atoms with Gasteiger partial charge in [-0.1, -0.05) is 24.3 Å². The van der Waals surface area contributed by atoms with E-state index in [1.165, 1.54) is 11.3 Å². The van der Waals surface area contributed by atoms with Crippen molar-refractivity contribution in [2.45, 2.75) is 36.1 Å². The van der Waals surface area contributed by atoms with Gasteiger partial charge in [-0.15, -0.1) is 11.3 Å². The summed E-state index contributed by atoms with van der Waals surface area (Å²) in [5, 5.41) is 6.37. The number of nitrogens with one attached hydrogen (secondary N) is 2. The summed E-state index contributed by atoms with van der Waals surface area (Å²) in [6, 6.07) is 18.6. The van der Waals surface area contributed by atoms with Crippen LogP contribution in [0.3, 0.4) is 0 Å². The van der Waals surface area contributed by atoms with Gasteiger partial charge in [0.15, 0.2) is 0 Å². The number of sulfonamides is 1. The number of piperidine rings is 1. The van der Waals surface area contributed by atoms with Crippen LogP contribution in [0.2, 0.25) is 0 Å². The molecule has 4 rings (SSSR count). The number of aromatic nitrogens is 1. The summed E-state index contributed by atoms with van der Waals surface area (Å²) in [4.78, 5) is 17.4. The highest BCUT2D eigenvalue weighted by Gasteiger charge is 2.30. The lowest BCUT2D eigenvalue weighted by Crippen LogP contribution is -2.45. The van der Waals surface area contributed by atoms with Gasteiger partial charge in [0.25, 0.3) is 15.9 Å². The van der Waals surface area contributed by atoms with Crippen LogP contribution >= 0.6 is 11.3 Å². The summed E-state index contributed by atoms with van der Waals surface area (Å²) in [5.74, 6) is -0.175. The maximum Gasteiger partial charge on any atom is 0.252 e. The second kappa shape index (κ2) is 11.0. The van der Waals surface area contributed by atoms with E-state index in [1.54, 1.807) is 34.8 Å². The van der Waals surface area contributed by atoms with Crippen molar-refractivity contribution in [1.29, 1.82) is 0 Å². The second-order valence-corrected chi connectivity index (χ2v) is 11.3.